The Morgan fingerprint density at radius 3 is 2.53 bits per heavy atom. The van der Waals surface area contributed by atoms with Gasteiger partial charge in [0.2, 0.25) is 0 Å². The SMILES string of the molecule is COc1ccccc1C1CCC(=O)CC1. The molecule has 0 aliphatic heterocycles. The van der Waals surface area contributed by atoms with Crippen molar-refractivity contribution in [2.24, 2.45) is 0 Å². The molecule has 1 fully saturated rings. The molecule has 1 aliphatic carbocycles. The minimum atomic E-state index is 0.404. The lowest BCUT2D eigenvalue weighted by Crippen LogP contribution is -2.13. The fourth-order valence-corrected chi connectivity index (χ4v) is 2.25. The number of Topliss-reactive ketones (excluding diaryl/α,β-unsaturated/α-hetero) is 1. The molecule has 0 saturated heterocycles. The Bertz CT molecular complexity index is 347. The summed E-state index contributed by atoms with van der Waals surface area (Å²) in [6.45, 7) is 0. The van der Waals surface area contributed by atoms with Gasteiger partial charge in [0.25, 0.3) is 0 Å². The molecule has 0 heterocycles. The van der Waals surface area contributed by atoms with Crippen molar-refractivity contribution >= 4 is 5.78 Å². The summed E-state index contributed by atoms with van der Waals surface area (Å²) in [7, 11) is 1.70. The average molecular weight is 204 g/mol. The first-order valence-electron chi connectivity index (χ1n) is 5.46. The van der Waals surface area contributed by atoms with Gasteiger partial charge in [-0.25, -0.2) is 0 Å². The highest BCUT2D eigenvalue weighted by atomic mass is 16.5. The largest absolute Gasteiger partial charge is 0.496 e. The van der Waals surface area contributed by atoms with Crippen LogP contribution in [0.5, 0.6) is 5.75 Å². The molecule has 15 heavy (non-hydrogen) atoms. The number of carbonyl (C=O) groups is 1. The van der Waals surface area contributed by atoms with E-state index in [2.05, 4.69) is 6.07 Å². The van der Waals surface area contributed by atoms with Crippen molar-refractivity contribution < 1.29 is 9.53 Å². The molecule has 1 aromatic carbocycles. The van der Waals surface area contributed by atoms with Gasteiger partial charge in [-0.1, -0.05) is 18.2 Å². The Labute approximate surface area is 90.3 Å². The fourth-order valence-electron chi connectivity index (χ4n) is 2.25. The molecule has 0 spiro atoms. The molecular weight excluding hydrogens is 188 g/mol. The van der Waals surface area contributed by atoms with Gasteiger partial charge < -0.3 is 4.74 Å². The van der Waals surface area contributed by atoms with Crippen molar-refractivity contribution in [2.75, 3.05) is 7.11 Å². The van der Waals surface area contributed by atoms with Gasteiger partial charge >= 0.3 is 0 Å². The second-order valence-electron chi connectivity index (χ2n) is 4.05. The first-order chi connectivity index (χ1) is 7.31. The minimum Gasteiger partial charge on any atom is -0.496 e. The molecule has 0 amide bonds. The average Bonchev–Trinajstić information content (AvgIpc) is 2.30. The summed E-state index contributed by atoms with van der Waals surface area (Å²) in [4.78, 5) is 11.2. The van der Waals surface area contributed by atoms with Crippen LogP contribution in [-0.2, 0) is 4.79 Å². The van der Waals surface area contributed by atoms with Gasteiger partial charge in [0.1, 0.15) is 11.5 Å². The summed E-state index contributed by atoms with van der Waals surface area (Å²) >= 11 is 0. The molecule has 2 nitrogen and oxygen atoms in total. The van der Waals surface area contributed by atoms with E-state index in [1.807, 2.05) is 18.2 Å². The number of ketones is 1. The lowest BCUT2D eigenvalue weighted by molar-refractivity contribution is -0.120. The molecule has 0 radical (unpaired) electrons. The van der Waals surface area contributed by atoms with Crippen LogP contribution in [0.4, 0.5) is 0 Å². The smallest absolute Gasteiger partial charge is 0.132 e. The topological polar surface area (TPSA) is 26.3 Å². The van der Waals surface area contributed by atoms with E-state index in [9.17, 15) is 4.79 Å². The van der Waals surface area contributed by atoms with Gasteiger partial charge in [-0.2, -0.15) is 0 Å². The van der Waals surface area contributed by atoms with E-state index < -0.39 is 0 Å². The maximum Gasteiger partial charge on any atom is 0.132 e. The first-order valence-corrected chi connectivity index (χ1v) is 5.46. The van der Waals surface area contributed by atoms with E-state index >= 15 is 0 Å². The van der Waals surface area contributed by atoms with Gasteiger partial charge in [0, 0.05) is 12.8 Å². The number of para-hydroxylation sites is 1. The Balaban J connectivity index is 2.18. The van der Waals surface area contributed by atoms with Crippen LogP contribution < -0.4 is 4.74 Å². The van der Waals surface area contributed by atoms with Crippen LogP contribution in [0.25, 0.3) is 0 Å². The highest BCUT2D eigenvalue weighted by Gasteiger charge is 2.22. The van der Waals surface area contributed by atoms with Crippen LogP contribution >= 0.6 is 0 Å². The minimum absolute atomic E-state index is 0.404. The molecule has 1 aliphatic rings. The van der Waals surface area contributed by atoms with E-state index in [4.69, 9.17) is 4.74 Å². The third-order valence-corrected chi connectivity index (χ3v) is 3.12. The molecule has 0 bridgehead atoms. The summed E-state index contributed by atoms with van der Waals surface area (Å²) < 4.78 is 5.34. The summed E-state index contributed by atoms with van der Waals surface area (Å²) in [6.07, 6.45) is 3.39. The zero-order chi connectivity index (χ0) is 10.7. The third-order valence-electron chi connectivity index (χ3n) is 3.12. The molecule has 0 atom stereocenters. The molecule has 2 rings (SSSR count). The summed E-state index contributed by atoms with van der Waals surface area (Å²) in [5, 5.41) is 0. The molecule has 0 aromatic heterocycles. The standard InChI is InChI=1S/C13H16O2/c1-15-13-5-3-2-4-12(13)10-6-8-11(14)9-7-10/h2-5,10H,6-9H2,1H3. The van der Waals surface area contributed by atoms with Gasteiger partial charge in [-0.3, -0.25) is 4.79 Å². The second kappa shape index (κ2) is 4.47. The van der Waals surface area contributed by atoms with Gasteiger partial charge in [-0.15, -0.1) is 0 Å². The van der Waals surface area contributed by atoms with E-state index in [0.717, 1.165) is 31.4 Å². The van der Waals surface area contributed by atoms with E-state index in [1.165, 1.54) is 5.56 Å². The number of methoxy groups -OCH3 is 1. The zero-order valence-electron chi connectivity index (χ0n) is 9.03. The maximum atomic E-state index is 11.2. The van der Waals surface area contributed by atoms with Gasteiger partial charge in [0.15, 0.2) is 0 Å². The number of hydrogen-bond acceptors (Lipinski definition) is 2. The van der Waals surface area contributed by atoms with Crippen molar-refractivity contribution in [3.63, 3.8) is 0 Å². The number of benzene rings is 1. The van der Waals surface area contributed by atoms with Crippen molar-refractivity contribution in [1.82, 2.24) is 0 Å². The van der Waals surface area contributed by atoms with E-state index in [1.54, 1.807) is 7.11 Å². The van der Waals surface area contributed by atoms with Crippen LogP contribution in [0.15, 0.2) is 24.3 Å². The molecule has 0 N–H and O–H groups in total. The Morgan fingerprint density at radius 1 is 1.20 bits per heavy atom. The van der Waals surface area contributed by atoms with Crippen LogP contribution in [-0.4, -0.2) is 12.9 Å². The highest BCUT2D eigenvalue weighted by molar-refractivity contribution is 5.79. The monoisotopic (exact) mass is 204 g/mol. The predicted octanol–water partition coefficient (Wildman–Crippen LogP) is 2.92. The van der Waals surface area contributed by atoms with Crippen molar-refractivity contribution in [2.45, 2.75) is 31.6 Å². The van der Waals surface area contributed by atoms with Crippen LogP contribution in [0, 0.1) is 0 Å². The van der Waals surface area contributed by atoms with Crippen LogP contribution in [0.3, 0.4) is 0 Å². The Kier molecular flexibility index (Phi) is 3.05. The number of rotatable bonds is 2. The lowest BCUT2D eigenvalue weighted by atomic mass is 9.83. The Hall–Kier alpha value is -1.31. The summed E-state index contributed by atoms with van der Waals surface area (Å²) in [6, 6.07) is 8.12. The maximum absolute atomic E-state index is 11.2. The van der Waals surface area contributed by atoms with Gasteiger partial charge in [-0.05, 0) is 30.4 Å². The van der Waals surface area contributed by atoms with Gasteiger partial charge in [0.05, 0.1) is 7.11 Å². The molecular formula is C13H16O2. The van der Waals surface area contributed by atoms with E-state index in [-0.39, 0.29) is 0 Å². The molecule has 80 valence electrons. The quantitative estimate of drug-likeness (QED) is 0.740. The lowest BCUT2D eigenvalue weighted by Gasteiger charge is -2.22. The second-order valence-corrected chi connectivity index (χ2v) is 4.05. The Morgan fingerprint density at radius 2 is 1.87 bits per heavy atom. The van der Waals surface area contributed by atoms with Crippen molar-refractivity contribution in [3.8, 4) is 5.75 Å². The highest BCUT2D eigenvalue weighted by Crippen LogP contribution is 2.35. The van der Waals surface area contributed by atoms with Crippen LogP contribution in [0.2, 0.25) is 0 Å². The van der Waals surface area contributed by atoms with Crippen molar-refractivity contribution in [3.05, 3.63) is 29.8 Å². The number of ether oxygens (including phenoxy) is 1. The van der Waals surface area contributed by atoms with Crippen LogP contribution in [0.1, 0.15) is 37.2 Å². The van der Waals surface area contributed by atoms with Crippen molar-refractivity contribution in [1.29, 1.82) is 0 Å². The normalized spacial score (nSPS) is 17.8. The molecule has 2 heteroatoms. The molecule has 1 saturated carbocycles. The van der Waals surface area contributed by atoms with E-state index in [0.29, 0.717) is 11.7 Å². The predicted molar refractivity (Wildman–Crippen MR) is 59.2 cm³/mol. The summed E-state index contributed by atoms with van der Waals surface area (Å²) in [5.41, 5.74) is 1.26. The zero-order valence-corrected chi connectivity index (χ0v) is 9.03. The summed E-state index contributed by atoms with van der Waals surface area (Å²) in [5.74, 6) is 1.86. The fraction of sp³-hybridized carbons (Fsp3) is 0.462. The third kappa shape index (κ3) is 2.20. The first kappa shape index (κ1) is 10.2. The number of hydrogen-bond donors (Lipinski definition) is 0. The number of carbonyl (C=O) groups excluding carboxylic acids is 1. The molecule has 1 aromatic rings. The molecule has 0 unspecified atom stereocenters.